The Morgan fingerprint density at radius 1 is 1.62 bits per heavy atom. The van der Waals surface area contributed by atoms with Crippen LogP contribution in [0.15, 0.2) is 27.6 Å². The molecule has 4 nitrogen and oxygen atoms in total. The van der Waals surface area contributed by atoms with Crippen LogP contribution in [0, 0.1) is 0 Å². The summed E-state index contributed by atoms with van der Waals surface area (Å²) < 4.78 is 1.80. The third-order valence-corrected chi connectivity index (χ3v) is 2.14. The molecule has 0 unspecified atom stereocenters. The zero-order valence-corrected chi connectivity index (χ0v) is 8.32. The van der Waals surface area contributed by atoms with E-state index in [9.17, 15) is 9.59 Å². The van der Waals surface area contributed by atoms with Crippen molar-refractivity contribution in [2.45, 2.75) is 13.0 Å². The van der Waals surface area contributed by atoms with Crippen molar-refractivity contribution < 1.29 is 9.90 Å². The van der Waals surface area contributed by atoms with Crippen LogP contribution in [0.1, 0.15) is 6.42 Å². The third-order valence-electron chi connectivity index (χ3n) is 1.54. The number of hydrogen-bond donors (Lipinski definition) is 1. The fourth-order valence-corrected chi connectivity index (χ4v) is 1.28. The van der Waals surface area contributed by atoms with Gasteiger partial charge in [0, 0.05) is 12.7 Å². The topological polar surface area (TPSA) is 59.3 Å². The minimum atomic E-state index is -0.910. The van der Waals surface area contributed by atoms with Crippen molar-refractivity contribution in [1.29, 1.82) is 0 Å². The summed E-state index contributed by atoms with van der Waals surface area (Å²) in [5.74, 6) is -0.910. The predicted octanol–water partition coefficient (Wildman–Crippen LogP) is 1.09. The summed E-state index contributed by atoms with van der Waals surface area (Å²) in [6.07, 6.45) is 1.52. The summed E-state index contributed by atoms with van der Waals surface area (Å²) in [4.78, 5) is 21.5. The highest BCUT2D eigenvalue weighted by molar-refractivity contribution is 9.10. The Balaban J connectivity index is 2.84. The number of rotatable bonds is 3. The summed E-state index contributed by atoms with van der Waals surface area (Å²) in [5.41, 5.74) is -0.205. The fraction of sp³-hybridized carbons (Fsp3) is 0.250. The lowest BCUT2D eigenvalue weighted by Gasteiger charge is -2.02. The van der Waals surface area contributed by atoms with Crippen molar-refractivity contribution in [3.63, 3.8) is 0 Å². The third kappa shape index (κ3) is 2.69. The zero-order chi connectivity index (χ0) is 9.84. The number of carbonyl (C=O) groups is 1. The first-order valence-corrected chi connectivity index (χ1v) is 4.47. The Labute approximate surface area is 82.9 Å². The van der Waals surface area contributed by atoms with Gasteiger partial charge in [-0.3, -0.25) is 9.59 Å². The molecule has 0 saturated carbocycles. The van der Waals surface area contributed by atoms with Crippen LogP contribution in [-0.2, 0) is 11.3 Å². The van der Waals surface area contributed by atoms with Crippen LogP contribution in [0.4, 0.5) is 0 Å². The molecule has 0 aliphatic carbocycles. The number of aromatic nitrogens is 1. The van der Waals surface area contributed by atoms with E-state index in [1.54, 1.807) is 18.3 Å². The van der Waals surface area contributed by atoms with E-state index in [1.807, 2.05) is 0 Å². The zero-order valence-electron chi connectivity index (χ0n) is 6.74. The average Bonchev–Trinajstić information content (AvgIpc) is 2.07. The van der Waals surface area contributed by atoms with Crippen LogP contribution in [-0.4, -0.2) is 15.6 Å². The van der Waals surface area contributed by atoms with Gasteiger partial charge in [-0.25, -0.2) is 0 Å². The van der Waals surface area contributed by atoms with Gasteiger partial charge in [0.05, 0.1) is 10.9 Å². The number of carboxylic acids is 1. The van der Waals surface area contributed by atoms with E-state index in [-0.39, 0.29) is 18.5 Å². The molecule has 1 rings (SSSR count). The Morgan fingerprint density at radius 3 is 2.92 bits per heavy atom. The molecule has 1 aromatic rings. The monoisotopic (exact) mass is 245 g/mol. The number of nitrogens with zero attached hydrogens (tertiary/aromatic N) is 1. The maximum absolute atomic E-state index is 11.3. The minimum Gasteiger partial charge on any atom is -0.481 e. The first kappa shape index (κ1) is 9.98. The number of pyridine rings is 1. The molecule has 0 aromatic carbocycles. The summed E-state index contributed by atoms with van der Waals surface area (Å²) in [6.45, 7) is 0.202. The summed E-state index contributed by atoms with van der Waals surface area (Å²) in [7, 11) is 0. The van der Waals surface area contributed by atoms with Crippen molar-refractivity contribution in [3.05, 3.63) is 33.2 Å². The van der Waals surface area contributed by atoms with Crippen LogP contribution < -0.4 is 5.56 Å². The highest BCUT2D eigenvalue weighted by Gasteiger charge is 2.01. The Bertz CT molecular complexity index is 372. The van der Waals surface area contributed by atoms with Crippen molar-refractivity contribution in [1.82, 2.24) is 4.57 Å². The number of halogens is 1. The van der Waals surface area contributed by atoms with Gasteiger partial charge in [0.15, 0.2) is 0 Å². The molecule has 0 aliphatic rings. The molecule has 0 spiro atoms. The number of carboxylic acid groups (broad SMARTS) is 1. The molecular weight excluding hydrogens is 238 g/mol. The standard InChI is InChI=1S/C8H8BrNO3/c9-6-2-1-4-10(8(6)13)5-3-7(11)12/h1-2,4H,3,5H2,(H,11,12). The highest BCUT2D eigenvalue weighted by Crippen LogP contribution is 2.00. The van der Waals surface area contributed by atoms with Crippen LogP contribution in [0.25, 0.3) is 0 Å². The number of aliphatic carboxylic acids is 1. The first-order chi connectivity index (χ1) is 6.11. The van der Waals surface area contributed by atoms with Crippen LogP contribution in [0.5, 0.6) is 0 Å². The van der Waals surface area contributed by atoms with E-state index >= 15 is 0 Å². The van der Waals surface area contributed by atoms with Gasteiger partial charge >= 0.3 is 5.97 Å². The Hall–Kier alpha value is -1.10. The van der Waals surface area contributed by atoms with Crippen molar-refractivity contribution >= 4 is 21.9 Å². The fourth-order valence-electron chi connectivity index (χ4n) is 0.900. The molecule has 0 radical (unpaired) electrons. The van der Waals surface area contributed by atoms with Gasteiger partial charge in [-0.2, -0.15) is 0 Å². The van der Waals surface area contributed by atoms with Crippen LogP contribution in [0.3, 0.4) is 0 Å². The van der Waals surface area contributed by atoms with Crippen molar-refractivity contribution in [2.24, 2.45) is 0 Å². The van der Waals surface area contributed by atoms with Crippen molar-refractivity contribution in [2.75, 3.05) is 0 Å². The molecule has 70 valence electrons. The quantitative estimate of drug-likeness (QED) is 0.868. The number of aryl methyl sites for hydroxylation is 1. The molecule has 0 bridgehead atoms. The second kappa shape index (κ2) is 4.23. The van der Waals surface area contributed by atoms with Gasteiger partial charge in [-0.15, -0.1) is 0 Å². The van der Waals surface area contributed by atoms with E-state index < -0.39 is 5.97 Å². The minimum absolute atomic E-state index is 0.0453. The molecule has 1 aromatic heterocycles. The smallest absolute Gasteiger partial charge is 0.305 e. The van der Waals surface area contributed by atoms with Crippen molar-refractivity contribution in [3.8, 4) is 0 Å². The van der Waals surface area contributed by atoms with Crippen LogP contribution >= 0.6 is 15.9 Å². The van der Waals surface area contributed by atoms with E-state index in [4.69, 9.17) is 5.11 Å². The lowest BCUT2D eigenvalue weighted by molar-refractivity contribution is -0.137. The maximum Gasteiger partial charge on any atom is 0.305 e. The summed E-state index contributed by atoms with van der Waals surface area (Å²) >= 11 is 3.07. The first-order valence-electron chi connectivity index (χ1n) is 3.68. The summed E-state index contributed by atoms with van der Waals surface area (Å²) in [6, 6.07) is 3.31. The Morgan fingerprint density at radius 2 is 2.31 bits per heavy atom. The molecule has 0 aliphatic heterocycles. The van der Waals surface area contributed by atoms with Gasteiger partial charge in [-0.05, 0) is 28.1 Å². The molecular formula is C8H8BrNO3. The van der Waals surface area contributed by atoms with E-state index in [1.165, 1.54) is 4.57 Å². The van der Waals surface area contributed by atoms with Gasteiger partial charge in [0.25, 0.3) is 5.56 Å². The van der Waals surface area contributed by atoms with E-state index in [0.717, 1.165) is 0 Å². The second-order valence-corrected chi connectivity index (χ2v) is 3.35. The lowest BCUT2D eigenvalue weighted by Crippen LogP contribution is -2.20. The normalized spacial score (nSPS) is 9.92. The number of hydrogen-bond acceptors (Lipinski definition) is 2. The molecule has 0 fully saturated rings. The lowest BCUT2D eigenvalue weighted by atomic mass is 10.4. The molecule has 0 atom stereocenters. The van der Waals surface area contributed by atoms with Gasteiger partial charge in [0.2, 0.25) is 0 Å². The summed E-state index contributed by atoms with van der Waals surface area (Å²) in [5, 5.41) is 8.41. The molecule has 5 heteroatoms. The SMILES string of the molecule is O=C(O)CCn1cccc(Br)c1=O. The van der Waals surface area contributed by atoms with Gasteiger partial charge in [0.1, 0.15) is 0 Å². The van der Waals surface area contributed by atoms with Crippen LogP contribution in [0.2, 0.25) is 0 Å². The molecule has 1 N–H and O–H groups in total. The maximum atomic E-state index is 11.3. The highest BCUT2D eigenvalue weighted by atomic mass is 79.9. The predicted molar refractivity (Wildman–Crippen MR) is 50.7 cm³/mol. The molecule has 13 heavy (non-hydrogen) atoms. The van der Waals surface area contributed by atoms with E-state index in [2.05, 4.69) is 15.9 Å². The van der Waals surface area contributed by atoms with Gasteiger partial charge in [-0.1, -0.05) is 0 Å². The molecule has 1 heterocycles. The molecule has 0 amide bonds. The van der Waals surface area contributed by atoms with E-state index in [0.29, 0.717) is 4.47 Å². The van der Waals surface area contributed by atoms with Gasteiger partial charge < -0.3 is 9.67 Å². The second-order valence-electron chi connectivity index (χ2n) is 2.50. The Kier molecular flexibility index (Phi) is 3.25. The molecule has 0 saturated heterocycles. The largest absolute Gasteiger partial charge is 0.481 e. The average molecular weight is 246 g/mol.